The number of aromatic nitrogens is 3. The molecule has 0 N–H and O–H groups in total. The lowest BCUT2D eigenvalue weighted by Crippen LogP contribution is -2.27. The molecule has 1 aliphatic carbocycles. The molecule has 1 aliphatic rings. The summed E-state index contributed by atoms with van der Waals surface area (Å²) >= 11 is 0. The van der Waals surface area contributed by atoms with Crippen molar-refractivity contribution in [1.29, 1.82) is 0 Å². The van der Waals surface area contributed by atoms with Crippen LogP contribution in [-0.4, -0.2) is 28.3 Å². The molecule has 0 unspecified atom stereocenters. The highest BCUT2D eigenvalue weighted by atomic mass is 19.4. The predicted octanol–water partition coefficient (Wildman–Crippen LogP) is 4.40. The standard InChI is InChI=1S/C21H22F3N3O3/c1-29-17-8-7-13(9-18(17)30-2)12-26-16-10-14(21(22,23)24)11-25-19(16)27(20(26)28)15-5-3-4-6-15/h7-11,15H,3-6,12H2,1-2H3. The molecular formula is C21H22F3N3O3. The Balaban J connectivity index is 1.87. The van der Waals surface area contributed by atoms with E-state index >= 15 is 0 Å². The molecule has 1 fully saturated rings. The third kappa shape index (κ3) is 3.53. The van der Waals surface area contributed by atoms with Gasteiger partial charge in [0, 0.05) is 12.2 Å². The van der Waals surface area contributed by atoms with Crippen LogP contribution in [0.3, 0.4) is 0 Å². The summed E-state index contributed by atoms with van der Waals surface area (Å²) in [5.41, 5.74) is -0.0485. The van der Waals surface area contributed by atoms with E-state index in [0.717, 1.165) is 37.9 Å². The number of halogens is 3. The van der Waals surface area contributed by atoms with Crippen molar-refractivity contribution in [2.75, 3.05) is 14.2 Å². The highest BCUT2D eigenvalue weighted by Gasteiger charge is 2.33. The molecule has 2 heterocycles. The number of nitrogens with zero attached hydrogens (tertiary/aromatic N) is 3. The van der Waals surface area contributed by atoms with Gasteiger partial charge in [0.2, 0.25) is 0 Å². The number of alkyl halides is 3. The van der Waals surface area contributed by atoms with Gasteiger partial charge in [-0.15, -0.1) is 0 Å². The molecule has 0 spiro atoms. The lowest BCUT2D eigenvalue weighted by Gasteiger charge is -2.11. The molecule has 2 aromatic heterocycles. The van der Waals surface area contributed by atoms with Crippen LogP contribution < -0.4 is 15.2 Å². The van der Waals surface area contributed by atoms with Crippen molar-refractivity contribution >= 4 is 11.2 Å². The molecule has 6 nitrogen and oxygen atoms in total. The number of ether oxygens (including phenoxy) is 2. The highest BCUT2D eigenvalue weighted by molar-refractivity contribution is 5.73. The quantitative estimate of drug-likeness (QED) is 0.613. The van der Waals surface area contributed by atoms with Crippen LogP contribution in [0.1, 0.15) is 42.9 Å². The van der Waals surface area contributed by atoms with Crippen molar-refractivity contribution in [2.24, 2.45) is 0 Å². The average Bonchev–Trinajstić information content (AvgIpc) is 3.33. The predicted molar refractivity (Wildman–Crippen MR) is 105 cm³/mol. The molecule has 9 heteroatoms. The minimum atomic E-state index is -4.54. The normalized spacial score (nSPS) is 15.1. The van der Waals surface area contributed by atoms with E-state index in [1.807, 2.05) is 0 Å². The van der Waals surface area contributed by atoms with Gasteiger partial charge in [0.1, 0.15) is 0 Å². The number of imidazole rings is 1. The fourth-order valence-corrected chi connectivity index (χ4v) is 4.11. The van der Waals surface area contributed by atoms with Crippen molar-refractivity contribution in [3.05, 3.63) is 52.1 Å². The minimum Gasteiger partial charge on any atom is -0.493 e. The highest BCUT2D eigenvalue weighted by Crippen LogP contribution is 2.34. The Kier molecular flexibility index (Phi) is 5.21. The van der Waals surface area contributed by atoms with Crippen LogP contribution in [0.5, 0.6) is 11.5 Å². The summed E-state index contributed by atoms with van der Waals surface area (Å²) in [6, 6.07) is 6.14. The largest absolute Gasteiger partial charge is 0.493 e. The van der Waals surface area contributed by atoms with E-state index in [4.69, 9.17) is 9.47 Å². The van der Waals surface area contributed by atoms with E-state index < -0.39 is 11.7 Å². The van der Waals surface area contributed by atoms with Gasteiger partial charge in [-0.2, -0.15) is 13.2 Å². The molecule has 30 heavy (non-hydrogen) atoms. The van der Waals surface area contributed by atoms with Crippen molar-refractivity contribution < 1.29 is 22.6 Å². The summed E-state index contributed by atoms with van der Waals surface area (Å²) in [4.78, 5) is 17.3. The Morgan fingerprint density at radius 3 is 2.43 bits per heavy atom. The molecular weight excluding hydrogens is 399 g/mol. The van der Waals surface area contributed by atoms with E-state index in [2.05, 4.69) is 4.98 Å². The van der Waals surface area contributed by atoms with Crippen LogP contribution in [0.25, 0.3) is 11.2 Å². The number of benzene rings is 1. The van der Waals surface area contributed by atoms with Gasteiger partial charge in [-0.25, -0.2) is 9.78 Å². The van der Waals surface area contributed by atoms with E-state index in [1.54, 1.807) is 22.8 Å². The Bertz CT molecular complexity index is 1130. The van der Waals surface area contributed by atoms with E-state index in [1.165, 1.54) is 18.8 Å². The van der Waals surface area contributed by atoms with Gasteiger partial charge >= 0.3 is 11.9 Å². The Hall–Kier alpha value is -2.97. The summed E-state index contributed by atoms with van der Waals surface area (Å²) in [5.74, 6) is 1.01. The smallest absolute Gasteiger partial charge is 0.417 e. The van der Waals surface area contributed by atoms with E-state index in [0.29, 0.717) is 22.7 Å². The molecule has 0 bridgehead atoms. The molecule has 3 aromatic rings. The maximum atomic E-state index is 13.3. The maximum absolute atomic E-state index is 13.3. The zero-order valence-electron chi connectivity index (χ0n) is 16.7. The summed E-state index contributed by atoms with van der Waals surface area (Å²) in [6.07, 6.45) is -0.134. The van der Waals surface area contributed by atoms with Gasteiger partial charge in [-0.05, 0) is 36.6 Å². The Morgan fingerprint density at radius 1 is 1.10 bits per heavy atom. The number of methoxy groups -OCH3 is 2. The van der Waals surface area contributed by atoms with E-state index in [-0.39, 0.29) is 23.8 Å². The summed E-state index contributed by atoms with van der Waals surface area (Å²) in [6.45, 7) is 0.0956. The summed E-state index contributed by atoms with van der Waals surface area (Å²) in [7, 11) is 3.01. The second-order valence-corrected chi connectivity index (χ2v) is 7.43. The van der Waals surface area contributed by atoms with Crippen molar-refractivity contribution in [3.63, 3.8) is 0 Å². The van der Waals surface area contributed by atoms with Crippen LogP contribution in [0.2, 0.25) is 0 Å². The Labute approximate surface area is 170 Å². The molecule has 1 aromatic carbocycles. The third-order valence-corrected chi connectivity index (χ3v) is 5.61. The number of hydrogen-bond donors (Lipinski definition) is 0. The number of rotatable bonds is 5. The van der Waals surface area contributed by atoms with Gasteiger partial charge in [-0.3, -0.25) is 9.13 Å². The molecule has 0 aliphatic heterocycles. The van der Waals surface area contributed by atoms with Gasteiger partial charge in [0.15, 0.2) is 17.1 Å². The lowest BCUT2D eigenvalue weighted by molar-refractivity contribution is -0.137. The number of fused-ring (bicyclic) bond motifs is 1. The van der Waals surface area contributed by atoms with Crippen LogP contribution in [0.4, 0.5) is 13.2 Å². The zero-order chi connectivity index (χ0) is 21.5. The van der Waals surface area contributed by atoms with Gasteiger partial charge in [0.25, 0.3) is 0 Å². The minimum absolute atomic E-state index is 0.0455. The fourth-order valence-electron chi connectivity index (χ4n) is 4.11. The first kappa shape index (κ1) is 20.3. The van der Waals surface area contributed by atoms with Gasteiger partial charge < -0.3 is 9.47 Å². The second kappa shape index (κ2) is 7.70. The average molecular weight is 421 g/mol. The van der Waals surface area contributed by atoms with Crippen molar-refractivity contribution in [1.82, 2.24) is 14.1 Å². The molecule has 1 saturated carbocycles. The lowest BCUT2D eigenvalue weighted by atomic mass is 10.2. The summed E-state index contributed by atoms with van der Waals surface area (Å²) in [5, 5.41) is 0. The monoisotopic (exact) mass is 421 g/mol. The first-order chi connectivity index (χ1) is 14.3. The van der Waals surface area contributed by atoms with E-state index in [9.17, 15) is 18.0 Å². The SMILES string of the molecule is COc1ccc(Cn2c(=O)n(C3CCCC3)c3ncc(C(F)(F)F)cc32)cc1OC. The molecule has 4 rings (SSSR count). The molecule has 0 radical (unpaired) electrons. The number of hydrogen-bond acceptors (Lipinski definition) is 4. The van der Waals surface area contributed by atoms with Crippen molar-refractivity contribution in [3.8, 4) is 11.5 Å². The molecule has 0 atom stereocenters. The first-order valence-electron chi connectivity index (χ1n) is 9.72. The van der Waals surface area contributed by atoms with Gasteiger partial charge in [-0.1, -0.05) is 18.9 Å². The van der Waals surface area contributed by atoms with Crippen LogP contribution in [0.15, 0.2) is 35.3 Å². The van der Waals surface area contributed by atoms with Crippen LogP contribution in [-0.2, 0) is 12.7 Å². The maximum Gasteiger partial charge on any atom is 0.417 e. The molecule has 0 amide bonds. The third-order valence-electron chi connectivity index (χ3n) is 5.61. The second-order valence-electron chi connectivity index (χ2n) is 7.43. The zero-order valence-corrected chi connectivity index (χ0v) is 16.7. The van der Waals surface area contributed by atoms with Crippen molar-refractivity contribution in [2.45, 2.75) is 44.4 Å². The fraction of sp³-hybridized carbons (Fsp3) is 0.429. The molecule has 0 saturated heterocycles. The van der Waals surface area contributed by atoms with Gasteiger partial charge in [0.05, 0.1) is 31.8 Å². The summed E-state index contributed by atoms with van der Waals surface area (Å²) < 4.78 is 53.3. The topological polar surface area (TPSA) is 58.3 Å². The van der Waals surface area contributed by atoms with Crippen LogP contribution in [0, 0.1) is 0 Å². The molecule has 160 valence electrons. The first-order valence-corrected chi connectivity index (χ1v) is 9.72. The van der Waals surface area contributed by atoms with Crippen LogP contribution >= 0.6 is 0 Å². The Morgan fingerprint density at radius 2 is 1.80 bits per heavy atom. The number of pyridine rings is 1.